The van der Waals surface area contributed by atoms with Gasteiger partial charge >= 0.3 is 22.3 Å². The number of benzene rings is 3. The first-order chi connectivity index (χ1) is 17.4. The zero-order valence-electron chi connectivity index (χ0n) is 20.5. The molecule has 2 amide bonds. The summed E-state index contributed by atoms with van der Waals surface area (Å²) in [5.74, 6) is -0.0793. The van der Waals surface area contributed by atoms with Gasteiger partial charge in [0.05, 0.1) is 12.2 Å². The van der Waals surface area contributed by atoms with Crippen molar-refractivity contribution >= 4 is 21.8 Å². The van der Waals surface area contributed by atoms with Crippen LogP contribution in [0.25, 0.3) is 0 Å². The fraction of sp³-hybridized carbons (Fsp3) is 0.269. The largest absolute Gasteiger partial charge is 0.416 e. The Labute approximate surface area is 213 Å². The van der Waals surface area contributed by atoms with Crippen LogP contribution in [0.5, 0.6) is 5.75 Å². The lowest BCUT2D eigenvalue weighted by molar-refractivity contribution is -0.137. The minimum Gasteiger partial charge on any atom is -0.383 e. The lowest BCUT2D eigenvalue weighted by atomic mass is 10.1. The van der Waals surface area contributed by atoms with E-state index in [4.69, 9.17) is 8.92 Å². The summed E-state index contributed by atoms with van der Waals surface area (Å²) in [6, 6.07) is 14.6. The standard InChI is InChI=1S/C26H27F3N2O5S/c1-18-7-12-24(19(2)15-18)30-25(32)31(13-14-35-3)17-20-8-10-22(11-9-20)36-37(33,34)23-6-4-5-21(16-23)26(27,28)29/h4-12,15-16H,13-14,17H2,1-3H3,(H,30,32). The maximum Gasteiger partial charge on any atom is 0.416 e. The molecule has 0 radical (unpaired) electrons. The molecule has 0 bridgehead atoms. The first-order valence-electron chi connectivity index (χ1n) is 11.2. The number of anilines is 1. The van der Waals surface area contributed by atoms with Gasteiger partial charge in [0.25, 0.3) is 0 Å². The van der Waals surface area contributed by atoms with Gasteiger partial charge in [0.1, 0.15) is 10.6 Å². The third-order valence-electron chi connectivity index (χ3n) is 5.43. The van der Waals surface area contributed by atoms with E-state index >= 15 is 0 Å². The average molecular weight is 537 g/mol. The minimum atomic E-state index is -4.69. The highest BCUT2D eigenvalue weighted by Crippen LogP contribution is 2.31. The molecular weight excluding hydrogens is 509 g/mol. The van der Waals surface area contributed by atoms with Crippen molar-refractivity contribution in [2.75, 3.05) is 25.6 Å². The molecule has 0 aliphatic rings. The highest BCUT2D eigenvalue weighted by molar-refractivity contribution is 7.87. The summed E-state index contributed by atoms with van der Waals surface area (Å²) in [5, 5.41) is 2.89. The van der Waals surface area contributed by atoms with Crippen LogP contribution in [0.2, 0.25) is 0 Å². The molecule has 1 N–H and O–H groups in total. The van der Waals surface area contributed by atoms with E-state index in [1.807, 2.05) is 32.0 Å². The van der Waals surface area contributed by atoms with Gasteiger partial charge in [-0.05, 0) is 61.4 Å². The van der Waals surface area contributed by atoms with E-state index in [9.17, 15) is 26.4 Å². The van der Waals surface area contributed by atoms with Gasteiger partial charge in [-0.1, -0.05) is 35.9 Å². The average Bonchev–Trinajstić information content (AvgIpc) is 2.84. The molecule has 198 valence electrons. The number of methoxy groups -OCH3 is 1. The monoisotopic (exact) mass is 536 g/mol. The summed E-state index contributed by atoms with van der Waals surface area (Å²) in [6.07, 6.45) is -4.69. The second-order valence-corrected chi connectivity index (χ2v) is 9.92. The van der Waals surface area contributed by atoms with E-state index in [2.05, 4.69) is 5.32 Å². The predicted octanol–water partition coefficient (Wildman–Crippen LogP) is 5.77. The molecule has 0 fully saturated rings. The minimum absolute atomic E-state index is 0.0793. The molecule has 0 aliphatic heterocycles. The smallest absolute Gasteiger partial charge is 0.383 e. The molecule has 7 nitrogen and oxygen atoms in total. The van der Waals surface area contributed by atoms with Crippen molar-refractivity contribution in [2.24, 2.45) is 0 Å². The number of hydrogen-bond donors (Lipinski definition) is 1. The Balaban J connectivity index is 1.72. The molecule has 11 heteroatoms. The fourth-order valence-electron chi connectivity index (χ4n) is 3.48. The third kappa shape index (κ3) is 7.70. The number of halogens is 3. The summed E-state index contributed by atoms with van der Waals surface area (Å²) in [5.41, 5.74) is 2.26. The van der Waals surface area contributed by atoms with Crippen molar-refractivity contribution < 1.29 is 35.3 Å². The van der Waals surface area contributed by atoms with Crippen LogP contribution in [0.1, 0.15) is 22.3 Å². The van der Waals surface area contributed by atoms with E-state index in [0.717, 1.165) is 29.3 Å². The van der Waals surface area contributed by atoms with Crippen LogP contribution in [0, 0.1) is 13.8 Å². The maximum atomic E-state index is 12.9. The Morgan fingerprint density at radius 3 is 2.32 bits per heavy atom. The van der Waals surface area contributed by atoms with Crippen molar-refractivity contribution in [2.45, 2.75) is 31.5 Å². The number of amides is 2. The van der Waals surface area contributed by atoms with Gasteiger partial charge < -0.3 is 19.1 Å². The number of hydrogen-bond acceptors (Lipinski definition) is 5. The Bertz CT molecular complexity index is 1340. The number of carbonyl (C=O) groups is 1. The van der Waals surface area contributed by atoms with E-state index in [-0.39, 0.29) is 18.3 Å². The van der Waals surface area contributed by atoms with Crippen LogP contribution in [-0.2, 0) is 27.6 Å². The van der Waals surface area contributed by atoms with Gasteiger partial charge in [-0.25, -0.2) is 4.79 Å². The first-order valence-corrected chi connectivity index (χ1v) is 12.6. The molecule has 0 aromatic heterocycles. The number of rotatable bonds is 9. The predicted molar refractivity (Wildman–Crippen MR) is 133 cm³/mol. The number of carbonyl (C=O) groups excluding carboxylic acids is 1. The van der Waals surface area contributed by atoms with Crippen LogP contribution >= 0.6 is 0 Å². The SMILES string of the molecule is COCCN(Cc1ccc(OS(=O)(=O)c2cccc(C(F)(F)F)c2)cc1)C(=O)Nc1ccc(C)cc1C. The number of nitrogens with one attached hydrogen (secondary N) is 1. The molecule has 0 saturated carbocycles. The molecule has 0 spiro atoms. The quantitative estimate of drug-likeness (QED) is 0.351. The lowest BCUT2D eigenvalue weighted by Crippen LogP contribution is -2.37. The fourth-order valence-corrected chi connectivity index (χ4v) is 4.45. The summed E-state index contributed by atoms with van der Waals surface area (Å²) >= 11 is 0. The van der Waals surface area contributed by atoms with Crippen LogP contribution < -0.4 is 9.50 Å². The topological polar surface area (TPSA) is 84.9 Å². The molecular formula is C26H27F3N2O5S. The van der Waals surface area contributed by atoms with Crippen LogP contribution in [0.15, 0.2) is 71.6 Å². The van der Waals surface area contributed by atoms with Crippen molar-refractivity contribution in [3.63, 3.8) is 0 Å². The van der Waals surface area contributed by atoms with Gasteiger partial charge in [-0.15, -0.1) is 0 Å². The number of aryl methyl sites for hydroxylation is 2. The van der Waals surface area contributed by atoms with Crippen molar-refractivity contribution in [1.82, 2.24) is 4.90 Å². The lowest BCUT2D eigenvalue weighted by Gasteiger charge is -2.23. The summed E-state index contributed by atoms with van der Waals surface area (Å²) in [7, 11) is -2.97. The maximum absolute atomic E-state index is 12.9. The Morgan fingerprint density at radius 2 is 1.70 bits per heavy atom. The molecule has 3 rings (SSSR count). The summed E-state index contributed by atoms with van der Waals surface area (Å²) in [6.45, 7) is 4.66. The highest BCUT2D eigenvalue weighted by atomic mass is 32.2. The molecule has 3 aromatic carbocycles. The van der Waals surface area contributed by atoms with E-state index < -0.39 is 26.8 Å². The third-order valence-corrected chi connectivity index (χ3v) is 6.67. The Morgan fingerprint density at radius 1 is 1.00 bits per heavy atom. The number of urea groups is 1. The van der Waals surface area contributed by atoms with Gasteiger partial charge in [0.15, 0.2) is 0 Å². The van der Waals surface area contributed by atoms with E-state index in [1.54, 1.807) is 12.1 Å². The van der Waals surface area contributed by atoms with Crippen molar-refractivity contribution in [3.8, 4) is 5.75 Å². The van der Waals surface area contributed by atoms with E-state index in [1.165, 1.54) is 24.1 Å². The van der Waals surface area contributed by atoms with Crippen LogP contribution in [0.4, 0.5) is 23.7 Å². The number of nitrogens with zero attached hydrogens (tertiary/aromatic N) is 1. The number of ether oxygens (including phenoxy) is 1. The molecule has 0 aliphatic carbocycles. The first kappa shape index (κ1) is 28.0. The van der Waals surface area contributed by atoms with Gasteiger partial charge in [-0.2, -0.15) is 21.6 Å². The zero-order chi connectivity index (χ0) is 27.2. The molecule has 0 saturated heterocycles. The Hall–Kier alpha value is -3.57. The molecule has 3 aromatic rings. The molecule has 0 unspecified atom stereocenters. The van der Waals surface area contributed by atoms with Gasteiger partial charge in [0, 0.05) is 25.9 Å². The summed E-state index contributed by atoms with van der Waals surface area (Å²) < 4.78 is 74.0. The van der Waals surface area contributed by atoms with Crippen LogP contribution in [0.3, 0.4) is 0 Å². The van der Waals surface area contributed by atoms with Crippen molar-refractivity contribution in [1.29, 1.82) is 0 Å². The van der Waals surface area contributed by atoms with Crippen molar-refractivity contribution in [3.05, 3.63) is 89.0 Å². The highest BCUT2D eigenvalue weighted by Gasteiger charge is 2.32. The van der Waals surface area contributed by atoms with Gasteiger partial charge in [-0.3, -0.25) is 0 Å². The van der Waals surface area contributed by atoms with Gasteiger partial charge in [0.2, 0.25) is 0 Å². The normalized spacial score (nSPS) is 11.7. The molecule has 0 heterocycles. The molecule has 0 atom stereocenters. The molecule has 37 heavy (non-hydrogen) atoms. The second-order valence-electron chi connectivity index (χ2n) is 8.37. The Kier molecular flexibility index (Phi) is 8.82. The summed E-state index contributed by atoms with van der Waals surface area (Å²) in [4.78, 5) is 13.9. The number of alkyl halides is 3. The zero-order valence-corrected chi connectivity index (χ0v) is 21.3. The second kappa shape index (κ2) is 11.7. The van der Waals surface area contributed by atoms with E-state index in [0.29, 0.717) is 30.5 Å². The van der Waals surface area contributed by atoms with Crippen LogP contribution in [-0.4, -0.2) is 39.6 Å².